The van der Waals surface area contributed by atoms with E-state index >= 15 is 0 Å². The number of hydrogen-bond acceptors (Lipinski definition) is 0. The summed E-state index contributed by atoms with van der Waals surface area (Å²) in [6.45, 7) is 6.93. The van der Waals surface area contributed by atoms with Gasteiger partial charge in [0, 0.05) is 5.41 Å². The highest BCUT2D eigenvalue weighted by Crippen LogP contribution is 2.44. The first-order valence-corrected chi connectivity index (χ1v) is 5.28. The predicted molar refractivity (Wildman–Crippen MR) is 61.3 cm³/mol. The van der Waals surface area contributed by atoms with Gasteiger partial charge in [0.25, 0.3) is 0 Å². The molecule has 1 aliphatic carbocycles. The molecule has 1 atom stereocenters. The fourth-order valence-corrected chi connectivity index (χ4v) is 2.49. The second kappa shape index (κ2) is 2.98. The molecule has 0 saturated heterocycles. The van der Waals surface area contributed by atoms with E-state index in [9.17, 15) is 0 Å². The van der Waals surface area contributed by atoms with Crippen LogP contribution in [0.1, 0.15) is 32.8 Å². The van der Waals surface area contributed by atoms with E-state index < -0.39 is 0 Å². The molecule has 0 nitrogen and oxygen atoms in total. The summed E-state index contributed by atoms with van der Waals surface area (Å²) in [4.78, 5) is 0. The summed E-state index contributed by atoms with van der Waals surface area (Å²) >= 11 is 0. The maximum absolute atomic E-state index is 2.36. The summed E-state index contributed by atoms with van der Waals surface area (Å²) in [7, 11) is 0. The Balaban J connectivity index is 2.33. The molecule has 0 spiro atoms. The van der Waals surface area contributed by atoms with Crippen LogP contribution in [0.25, 0.3) is 0 Å². The molecule has 0 N–H and O–H groups in total. The molecule has 1 aromatic carbocycles. The van der Waals surface area contributed by atoms with E-state index in [1.807, 2.05) is 0 Å². The van der Waals surface area contributed by atoms with E-state index in [-0.39, 0.29) is 5.41 Å². The van der Waals surface area contributed by atoms with Crippen molar-refractivity contribution in [2.24, 2.45) is 5.41 Å². The Hall–Kier alpha value is -1.04. The first-order chi connectivity index (χ1) is 6.52. The quantitative estimate of drug-likeness (QED) is 0.583. The van der Waals surface area contributed by atoms with E-state index in [1.165, 1.54) is 12.0 Å². The summed E-state index contributed by atoms with van der Waals surface area (Å²) in [5.74, 6) is 0. The lowest BCUT2D eigenvalue weighted by Crippen LogP contribution is -2.20. The van der Waals surface area contributed by atoms with Crippen LogP contribution in [-0.4, -0.2) is 0 Å². The average molecular weight is 186 g/mol. The van der Waals surface area contributed by atoms with E-state index in [2.05, 4.69) is 63.3 Å². The molecule has 0 amide bonds. The van der Waals surface area contributed by atoms with E-state index in [1.54, 1.807) is 0 Å². The topological polar surface area (TPSA) is 0 Å². The zero-order valence-corrected chi connectivity index (χ0v) is 9.25. The lowest BCUT2D eigenvalue weighted by molar-refractivity contribution is 0.386. The first kappa shape index (κ1) is 9.51. The van der Waals surface area contributed by atoms with Gasteiger partial charge in [-0.25, -0.2) is 0 Å². The second-order valence-electron chi connectivity index (χ2n) is 5.28. The summed E-state index contributed by atoms with van der Waals surface area (Å²) in [5.41, 5.74) is 2.02. The molecule has 14 heavy (non-hydrogen) atoms. The van der Waals surface area contributed by atoms with Crippen molar-refractivity contribution in [2.75, 3.05) is 0 Å². The van der Waals surface area contributed by atoms with Gasteiger partial charge in [-0.1, -0.05) is 63.3 Å². The van der Waals surface area contributed by atoms with Crippen molar-refractivity contribution in [3.63, 3.8) is 0 Å². The Kier molecular flexibility index (Phi) is 2.02. The van der Waals surface area contributed by atoms with Gasteiger partial charge in [0.1, 0.15) is 0 Å². The Morgan fingerprint density at radius 3 is 2.07 bits per heavy atom. The first-order valence-electron chi connectivity index (χ1n) is 5.28. The summed E-state index contributed by atoms with van der Waals surface area (Å²) in [6.07, 6.45) is 5.92. The minimum atomic E-state index is 0.241. The molecule has 1 unspecified atom stereocenters. The fourth-order valence-electron chi connectivity index (χ4n) is 2.49. The van der Waals surface area contributed by atoms with Crippen molar-refractivity contribution in [3.8, 4) is 0 Å². The van der Waals surface area contributed by atoms with Crippen LogP contribution in [0, 0.1) is 5.41 Å². The van der Waals surface area contributed by atoms with Crippen molar-refractivity contribution in [1.29, 1.82) is 0 Å². The average Bonchev–Trinajstić information content (AvgIpc) is 2.44. The van der Waals surface area contributed by atoms with Crippen molar-refractivity contribution in [3.05, 3.63) is 48.0 Å². The highest BCUT2D eigenvalue weighted by atomic mass is 14.4. The molecule has 1 aromatic rings. The maximum atomic E-state index is 2.36. The highest BCUT2D eigenvalue weighted by Gasteiger charge is 2.35. The third kappa shape index (κ3) is 1.61. The predicted octanol–water partition coefficient (Wildman–Crippen LogP) is 3.93. The number of allylic oxidation sites excluding steroid dienone is 2. The molecule has 2 rings (SSSR count). The van der Waals surface area contributed by atoms with E-state index in [4.69, 9.17) is 0 Å². The Bertz CT molecular complexity index is 346. The van der Waals surface area contributed by atoms with Gasteiger partial charge >= 0.3 is 0 Å². The van der Waals surface area contributed by atoms with Gasteiger partial charge in [-0.15, -0.1) is 0 Å². The molecular formula is C14H18. The summed E-state index contributed by atoms with van der Waals surface area (Å²) in [5, 5.41) is 0. The van der Waals surface area contributed by atoms with Gasteiger partial charge < -0.3 is 0 Å². The molecule has 0 aliphatic heterocycles. The number of rotatable bonds is 1. The summed E-state index contributed by atoms with van der Waals surface area (Å²) < 4.78 is 0. The molecule has 0 saturated carbocycles. The fraction of sp³-hybridized carbons (Fsp3) is 0.429. The molecular weight excluding hydrogens is 168 g/mol. The van der Waals surface area contributed by atoms with Crippen molar-refractivity contribution in [1.82, 2.24) is 0 Å². The van der Waals surface area contributed by atoms with Crippen LogP contribution in [0.3, 0.4) is 0 Å². The monoisotopic (exact) mass is 186 g/mol. The lowest BCUT2D eigenvalue weighted by Gasteiger charge is -2.27. The Morgan fingerprint density at radius 2 is 1.57 bits per heavy atom. The normalized spacial score (nSPS) is 29.4. The van der Waals surface area contributed by atoms with Crippen LogP contribution >= 0.6 is 0 Å². The Morgan fingerprint density at radius 1 is 0.929 bits per heavy atom. The Labute approximate surface area is 86.7 Å². The third-order valence-corrected chi connectivity index (χ3v) is 3.16. The van der Waals surface area contributed by atoms with Crippen LogP contribution in [0.15, 0.2) is 42.5 Å². The maximum Gasteiger partial charge on any atom is 0.0112 e. The third-order valence-electron chi connectivity index (χ3n) is 3.16. The van der Waals surface area contributed by atoms with Crippen molar-refractivity contribution < 1.29 is 0 Å². The van der Waals surface area contributed by atoms with Crippen molar-refractivity contribution >= 4 is 0 Å². The van der Waals surface area contributed by atoms with Gasteiger partial charge in [-0.2, -0.15) is 0 Å². The molecule has 0 fully saturated rings. The van der Waals surface area contributed by atoms with Crippen LogP contribution in [0.5, 0.6) is 0 Å². The smallest absolute Gasteiger partial charge is 0.0112 e. The SMILES string of the molecule is CC1(C)C=CC(C)(c2ccccc2)C1. The van der Waals surface area contributed by atoms with E-state index in [0.717, 1.165) is 0 Å². The van der Waals surface area contributed by atoms with Crippen LogP contribution in [0.2, 0.25) is 0 Å². The molecule has 0 radical (unpaired) electrons. The highest BCUT2D eigenvalue weighted by molar-refractivity contribution is 5.34. The minimum Gasteiger partial charge on any atom is -0.0819 e. The molecule has 0 aromatic heterocycles. The second-order valence-corrected chi connectivity index (χ2v) is 5.28. The number of benzene rings is 1. The lowest BCUT2D eigenvalue weighted by atomic mass is 9.77. The van der Waals surface area contributed by atoms with Gasteiger partial charge in [-0.05, 0) is 17.4 Å². The van der Waals surface area contributed by atoms with Crippen LogP contribution in [-0.2, 0) is 5.41 Å². The largest absolute Gasteiger partial charge is 0.0819 e. The molecule has 0 heterocycles. The van der Waals surface area contributed by atoms with Gasteiger partial charge in [-0.3, -0.25) is 0 Å². The van der Waals surface area contributed by atoms with Gasteiger partial charge in [0.15, 0.2) is 0 Å². The molecule has 1 aliphatic rings. The molecule has 74 valence electrons. The van der Waals surface area contributed by atoms with Crippen LogP contribution in [0.4, 0.5) is 0 Å². The zero-order chi connectivity index (χ0) is 10.2. The van der Waals surface area contributed by atoms with Crippen molar-refractivity contribution in [2.45, 2.75) is 32.6 Å². The van der Waals surface area contributed by atoms with Gasteiger partial charge in [0.2, 0.25) is 0 Å². The van der Waals surface area contributed by atoms with Gasteiger partial charge in [0.05, 0.1) is 0 Å². The molecule has 0 heteroatoms. The zero-order valence-electron chi connectivity index (χ0n) is 9.25. The van der Waals surface area contributed by atoms with Crippen LogP contribution < -0.4 is 0 Å². The minimum absolute atomic E-state index is 0.241. The standard InChI is InChI=1S/C14H18/c1-13(2)9-10-14(3,11-13)12-7-5-4-6-8-12/h4-10H,11H2,1-3H3. The van der Waals surface area contributed by atoms with E-state index in [0.29, 0.717) is 5.41 Å². The summed E-state index contributed by atoms with van der Waals surface area (Å²) in [6, 6.07) is 10.8. The molecule has 0 bridgehead atoms. The number of hydrogen-bond donors (Lipinski definition) is 0.